The molecule has 31 heavy (non-hydrogen) atoms. The number of ether oxygens (including phenoxy) is 1. The van der Waals surface area contributed by atoms with Crippen LogP contribution in [0.15, 0.2) is 46.2 Å². The molecule has 0 aromatic heterocycles. The number of carboxylic acid groups (broad SMARTS) is 1. The number of nitrogens with zero attached hydrogens (tertiary/aromatic N) is 1. The summed E-state index contributed by atoms with van der Waals surface area (Å²) in [5.41, 5.74) is 0.894. The first-order valence-corrected chi connectivity index (χ1v) is 12.4. The number of hydrogen-bond donors (Lipinski definition) is 1. The van der Waals surface area contributed by atoms with Crippen molar-refractivity contribution in [1.82, 2.24) is 4.90 Å². The molecule has 166 valence electrons. The van der Waals surface area contributed by atoms with Gasteiger partial charge in [-0.1, -0.05) is 35.3 Å². The maximum atomic E-state index is 13.2. The lowest BCUT2D eigenvalue weighted by Gasteiger charge is -2.38. The third-order valence-electron chi connectivity index (χ3n) is 6.20. The lowest BCUT2D eigenvalue weighted by Crippen LogP contribution is -2.43. The molecule has 0 unspecified atom stereocenters. The van der Waals surface area contributed by atoms with E-state index in [9.17, 15) is 13.2 Å². The van der Waals surface area contributed by atoms with Gasteiger partial charge >= 0.3 is 5.97 Å². The molecule has 2 aliphatic rings. The number of halogens is 2. The maximum absolute atomic E-state index is 13.2. The summed E-state index contributed by atoms with van der Waals surface area (Å²) >= 11 is 12.3. The van der Waals surface area contributed by atoms with Gasteiger partial charge in [-0.05, 0) is 63.2 Å². The van der Waals surface area contributed by atoms with Gasteiger partial charge < -0.3 is 14.7 Å². The van der Waals surface area contributed by atoms with E-state index in [1.165, 1.54) is 12.1 Å². The standard InChI is InChI=1S/C22H23Cl2NO5S/c23-17-3-1-4-18(24)21(17)31(28,29)15-6-7-16-19(13-15)30-14-22(16)8-11-25(12-9-22)10-2-5-20(26)27/h1,3-4,6-7,13H,2,5,8-12,14H2,(H,26,27). The monoisotopic (exact) mass is 483 g/mol. The minimum atomic E-state index is -3.89. The molecular weight excluding hydrogens is 461 g/mol. The fourth-order valence-electron chi connectivity index (χ4n) is 4.45. The van der Waals surface area contributed by atoms with Gasteiger partial charge in [0, 0.05) is 17.4 Å². The molecule has 0 atom stereocenters. The van der Waals surface area contributed by atoms with Gasteiger partial charge in [-0.25, -0.2) is 8.42 Å². The average molecular weight is 484 g/mol. The zero-order valence-electron chi connectivity index (χ0n) is 16.8. The van der Waals surface area contributed by atoms with Crippen molar-refractivity contribution in [2.45, 2.75) is 40.9 Å². The van der Waals surface area contributed by atoms with E-state index in [-0.39, 0.29) is 31.7 Å². The molecule has 1 spiro atoms. The first kappa shape index (κ1) is 22.4. The van der Waals surface area contributed by atoms with Gasteiger partial charge in [-0.3, -0.25) is 4.79 Å². The van der Waals surface area contributed by atoms with Gasteiger partial charge in [0.15, 0.2) is 0 Å². The Morgan fingerprint density at radius 1 is 1.13 bits per heavy atom. The molecule has 6 nitrogen and oxygen atoms in total. The van der Waals surface area contributed by atoms with E-state index in [4.69, 9.17) is 33.0 Å². The summed E-state index contributed by atoms with van der Waals surface area (Å²) in [7, 11) is -3.89. The van der Waals surface area contributed by atoms with E-state index in [1.54, 1.807) is 18.2 Å². The fraction of sp³-hybridized carbons (Fsp3) is 0.409. The topological polar surface area (TPSA) is 83.9 Å². The Hall–Kier alpha value is -1.80. The van der Waals surface area contributed by atoms with Crippen molar-refractivity contribution in [1.29, 1.82) is 0 Å². The number of carbonyl (C=O) groups is 1. The Morgan fingerprint density at radius 2 is 1.81 bits per heavy atom. The van der Waals surface area contributed by atoms with E-state index in [2.05, 4.69) is 4.90 Å². The minimum Gasteiger partial charge on any atom is -0.492 e. The number of carboxylic acids is 1. The molecule has 0 bridgehead atoms. The fourth-order valence-corrected chi connectivity index (χ4v) is 6.85. The second-order valence-electron chi connectivity index (χ2n) is 8.12. The molecule has 1 fully saturated rings. The van der Waals surface area contributed by atoms with Crippen LogP contribution in [-0.4, -0.2) is 50.6 Å². The van der Waals surface area contributed by atoms with Crippen molar-refractivity contribution < 1.29 is 23.1 Å². The van der Waals surface area contributed by atoms with Gasteiger partial charge in [0.2, 0.25) is 9.84 Å². The van der Waals surface area contributed by atoms with Crippen molar-refractivity contribution in [3.8, 4) is 5.75 Å². The quantitative estimate of drug-likeness (QED) is 0.654. The van der Waals surface area contributed by atoms with Crippen LogP contribution < -0.4 is 4.74 Å². The number of piperidine rings is 1. The van der Waals surface area contributed by atoms with Crippen LogP contribution in [0.2, 0.25) is 10.0 Å². The zero-order chi connectivity index (χ0) is 22.2. The molecule has 9 heteroatoms. The van der Waals surface area contributed by atoms with Crippen molar-refractivity contribution in [2.24, 2.45) is 0 Å². The van der Waals surface area contributed by atoms with Crippen molar-refractivity contribution in [3.05, 3.63) is 52.0 Å². The second-order valence-corrected chi connectivity index (χ2v) is 10.8. The van der Waals surface area contributed by atoms with Crippen LogP contribution in [0.25, 0.3) is 0 Å². The van der Waals surface area contributed by atoms with E-state index < -0.39 is 15.8 Å². The van der Waals surface area contributed by atoms with Crippen LogP contribution in [-0.2, 0) is 20.0 Å². The Balaban J connectivity index is 1.53. The Morgan fingerprint density at radius 3 is 2.45 bits per heavy atom. The van der Waals surface area contributed by atoms with Crippen molar-refractivity contribution >= 4 is 39.0 Å². The molecule has 1 saturated heterocycles. The predicted octanol–water partition coefficient (Wildman–Crippen LogP) is 4.42. The van der Waals surface area contributed by atoms with E-state index in [0.29, 0.717) is 18.8 Å². The zero-order valence-corrected chi connectivity index (χ0v) is 19.1. The molecule has 4 rings (SSSR count). The highest BCUT2D eigenvalue weighted by atomic mass is 35.5. The minimum absolute atomic E-state index is 0.0839. The van der Waals surface area contributed by atoms with Crippen LogP contribution >= 0.6 is 23.2 Å². The second kappa shape index (κ2) is 8.62. The summed E-state index contributed by atoms with van der Waals surface area (Å²) in [5.74, 6) is -0.181. The number of sulfone groups is 1. The van der Waals surface area contributed by atoms with Crippen LogP contribution in [0.4, 0.5) is 0 Å². The summed E-state index contributed by atoms with van der Waals surface area (Å²) < 4.78 is 32.3. The molecule has 0 amide bonds. The third-order valence-corrected chi connectivity index (χ3v) is 8.91. The Kier molecular flexibility index (Phi) is 6.23. The van der Waals surface area contributed by atoms with Gasteiger partial charge in [0.1, 0.15) is 10.6 Å². The maximum Gasteiger partial charge on any atom is 0.303 e. The predicted molar refractivity (Wildman–Crippen MR) is 118 cm³/mol. The van der Waals surface area contributed by atoms with Crippen LogP contribution in [0.1, 0.15) is 31.2 Å². The van der Waals surface area contributed by atoms with Crippen LogP contribution in [0, 0.1) is 0 Å². The molecule has 2 heterocycles. The highest BCUT2D eigenvalue weighted by Gasteiger charge is 2.43. The highest BCUT2D eigenvalue weighted by Crippen LogP contribution is 2.47. The number of fused-ring (bicyclic) bond motifs is 2. The summed E-state index contributed by atoms with van der Waals surface area (Å²) in [5, 5.41) is 8.98. The van der Waals surface area contributed by atoms with Gasteiger partial charge in [0.25, 0.3) is 0 Å². The number of likely N-dealkylation sites (tertiary alicyclic amines) is 1. The molecule has 2 aliphatic heterocycles. The molecule has 0 radical (unpaired) electrons. The van der Waals surface area contributed by atoms with Gasteiger partial charge in [-0.15, -0.1) is 0 Å². The van der Waals surface area contributed by atoms with Crippen molar-refractivity contribution in [3.63, 3.8) is 0 Å². The number of rotatable bonds is 6. The van der Waals surface area contributed by atoms with Gasteiger partial charge in [-0.2, -0.15) is 0 Å². The Bertz CT molecular complexity index is 1090. The molecule has 0 saturated carbocycles. The average Bonchev–Trinajstić information content (AvgIpc) is 3.07. The summed E-state index contributed by atoms with van der Waals surface area (Å²) in [4.78, 5) is 13.0. The SMILES string of the molecule is O=C(O)CCCN1CCC2(CC1)COc1cc(S(=O)(=O)c3c(Cl)cccc3Cl)ccc12. The smallest absolute Gasteiger partial charge is 0.303 e. The molecular formula is C22H23Cl2NO5S. The van der Waals surface area contributed by atoms with Crippen LogP contribution in [0.5, 0.6) is 5.75 Å². The molecule has 2 aromatic carbocycles. The van der Waals surface area contributed by atoms with Crippen LogP contribution in [0.3, 0.4) is 0 Å². The van der Waals surface area contributed by atoms with E-state index in [0.717, 1.165) is 38.0 Å². The number of hydrogen-bond acceptors (Lipinski definition) is 5. The number of aliphatic carboxylic acids is 1. The lowest BCUT2D eigenvalue weighted by atomic mass is 9.74. The first-order chi connectivity index (χ1) is 14.7. The third kappa shape index (κ3) is 4.29. The summed E-state index contributed by atoms with van der Waals surface area (Å²) in [6.45, 7) is 3.00. The molecule has 1 N–H and O–H groups in total. The lowest BCUT2D eigenvalue weighted by molar-refractivity contribution is -0.137. The summed E-state index contributed by atoms with van der Waals surface area (Å²) in [6.07, 6.45) is 2.59. The first-order valence-electron chi connectivity index (χ1n) is 10.1. The largest absolute Gasteiger partial charge is 0.492 e. The molecule has 0 aliphatic carbocycles. The van der Waals surface area contributed by atoms with E-state index in [1.807, 2.05) is 6.07 Å². The van der Waals surface area contributed by atoms with Crippen molar-refractivity contribution in [2.75, 3.05) is 26.2 Å². The normalized spacial score (nSPS) is 18.0. The van der Waals surface area contributed by atoms with Gasteiger partial charge in [0.05, 0.1) is 21.5 Å². The summed E-state index contributed by atoms with van der Waals surface area (Å²) in [6, 6.07) is 9.63. The highest BCUT2D eigenvalue weighted by molar-refractivity contribution is 7.91. The molecule has 2 aromatic rings. The Labute approximate surface area is 191 Å². The van der Waals surface area contributed by atoms with E-state index >= 15 is 0 Å². The number of benzene rings is 2.